The molecule has 0 fully saturated rings. The van der Waals surface area contributed by atoms with E-state index >= 15 is 0 Å². The summed E-state index contributed by atoms with van der Waals surface area (Å²) in [5, 5.41) is 3.09. The van der Waals surface area contributed by atoms with Crippen LogP contribution < -0.4 is 14.8 Å². The lowest BCUT2D eigenvalue weighted by Gasteiger charge is -2.20. The summed E-state index contributed by atoms with van der Waals surface area (Å²) in [7, 11) is 3.27. The summed E-state index contributed by atoms with van der Waals surface area (Å²) >= 11 is 0. The van der Waals surface area contributed by atoms with Gasteiger partial charge in [-0.2, -0.15) is 0 Å². The van der Waals surface area contributed by atoms with Crippen molar-refractivity contribution in [2.75, 3.05) is 14.2 Å². The molecule has 0 aliphatic carbocycles. The monoisotopic (exact) mass is 362 g/mol. The third-order valence-corrected chi connectivity index (χ3v) is 4.32. The van der Waals surface area contributed by atoms with Crippen molar-refractivity contribution in [3.05, 3.63) is 89.7 Å². The molecule has 1 heterocycles. The molecule has 5 heteroatoms. The summed E-state index contributed by atoms with van der Waals surface area (Å²) in [6, 6.07) is 20.6. The number of benzene rings is 2. The molecule has 0 spiro atoms. The molecule has 27 heavy (non-hydrogen) atoms. The number of aromatic nitrogens is 1. The summed E-state index contributed by atoms with van der Waals surface area (Å²) in [4.78, 5) is 16.8. The predicted molar refractivity (Wildman–Crippen MR) is 104 cm³/mol. The van der Waals surface area contributed by atoms with Crippen molar-refractivity contribution >= 4 is 5.91 Å². The van der Waals surface area contributed by atoms with Gasteiger partial charge in [0.2, 0.25) is 0 Å². The van der Waals surface area contributed by atoms with E-state index in [1.54, 1.807) is 38.6 Å². The van der Waals surface area contributed by atoms with Gasteiger partial charge in [-0.05, 0) is 53.9 Å². The Bertz CT molecular complexity index is 862. The average Bonchev–Trinajstić information content (AvgIpc) is 2.74. The van der Waals surface area contributed by atoms with Crippen LogP contribution >= 0.6 is 0 Å². The number of nitrogens with zero attached hydrogens (tertiary/aromatic N) is 1. The molecule has 138 valence electrons. The Balaban J connectivity index is 1.83. The molecule has 2 aromatic carbocycles. The molecule has 1 atom stereocenters. The Morgan fingerprint density at radius 2 is 1.56 bits per heavy atom. The predicted octanol–water partition coefficient (Wildman–Crippen LogP) is 3.81. The van der Waals surface area contributed by atoms with Crippen LogP contribution in [0.15, 0.2) is 72.9 Å². The molecule has 0 saturated heterocycles. The molecule has 0 saturated carbocycles. The lowest BCUT2D eigenvalue weighted by atomic mass is 9.98. The molecular formula is C22H22N2O3. The highest BCUT2D eigenvalue weighted by molar-refractivity contribution is 5.92. The number of hydrogen-bond acceptors (Lipinski definition) is 4. The van der Waals surface area contributed by atoms with Crippen LogP contribution in [0.4, 0.5) is 0 Å². The van der Waals surface area contributed by atoms with E-state index in [9.17, 15) is 4.79 Å². The van der Waals surface area contributed by atoms with Gasteiger partial charge in [0.15, 0.2) is 0 Å². The Morgan fingerprint density at radius 3 is 2.11 bits per heavy atom. The molecule has 0 bridgehead atoms. The lowest BCUT2D eigenvalue weighted by molar-refractivity contribution is 0.0931. The Labute approximate surface area is 159 Å². The van der Waals surface area contributed by atoms with Gasteiger partial charge in [-0.25, -0.2) is 0 Å². The van der Waals surface area contributed by atoms with Gasteiger partial charge in [-0.15, -0.1) is 0 Å². The van der Waals surface area contributed by atoms with Gasteiger partial charge >= 0.3 is 0 Å². The third kappa shape index (κ3) is 4.85. The molecule has 3 rings (SSSR count). The van der Waals surface area contributed by atoms with Crippen LogP contribution in [0.5, 0.6) is 11.5 Å². The van der Waals surface area contributed by atoms with Crippen molar-refractivity contribution in [3.63, 3.8) is 0 Å². The number of methoxy groups -OCH3 is 2. The zero-order valence-electron chi connectivity index (χ0n) is 15.4. The van der Waals surface area contributed by atoms with E-state index in [-0.39, 0.29) is 11.9 Å². The van der Waals surface area contributed by atoms with Crippen LogP contribution in [-0.2, 0) is 6.42 Å². The fraction of sp³-hybridized carbons (Fsp3) is 0.182. The highest BCUT2D eigenvalue weighted by atomic mass is 16.5. The lowest BCUT2D eigenvalue weighted by Crippen LogP contribution is -2.30. The molecule has 0 aliphatic rings. The van der Waals surface area contributed by atoms with Crippen LogP contribution in [0.3, 0.4) is 0 Å². The normalized spacial score (nSPS) is 11.5. The molecule has 0 aliphatic heterocycles. The minimum absolute atomic E-state index is 0.196. The summed E-state index contributed by atoms with van der Waals surface area (Å²) in [5.41, 5.74) is 2.49. The fourth-order valence-corrected chi connectivity index (χ4v) is 2.82. The van der Waals surface area contributed by atoms with Gasteiger partial charge in [0.25, 0.3) is 5.91 Å². The van der Waals surface area contributed by atoms with Gasteiger partial charge in [0.05, 0.1) is 20.3 Å². The van der Waals surface area contributed by atoms with Crippen molar-refractivity contribution in [1.29, 1.82) is 0 Å². The minimum Gasteiger partial charge on any atom is -0.497 e. The van der Waals surface area contributed by atoms with Crippen molar-refractivity contribution in [1.82, 2.24) is 10.3 Å². The Morgan fingerprint density at radius 1 is 0.926 bits per heavy atom. The number of ether oxygens (including phenoxy) is 2. The number of nitrogens with one attached hydrogen (secondary N) is 1. The Kier molecular flexibility index (Phi) is 6.05. The second-order valence-corrected chi connectivity index (χ2v) is 6.07. The molecule has 3 aromatic rings. The van der Waals surface area contributed by atoms with Gasteiger partial charge < -0.3 is 14.8 Å². The number of pyridine rings is 1. The SMILES string of the molecule is COc1ccc(CC(NC(=O)c2ccccn2)c2ccc(OC)cc2)cc1. The van der Waals surface area contributed by atoms with Crippen molar-refractivity contribution in [3.8, 4) is 11.5 Å². The maximum atomic E-state index is 12.6. The quantitative estimate of drug-likeness (QED) is 0.694. The highest BCUT2D eigenvalue weighted by Gasteiger charge is 2.17. The smallest absolute Gasteiger partial charge is 0.270 e. The van der Waals surface area contributed by atoms with Crippen LogP contribution in [0.2, 0.25) is 0 Å². The average molecular weight is 362 g/mol. The number of carbonyl (C=O) groups is 1. The molecule has 0 radical (unpaired) electrons. The van der Waals surface area contributed by atoms with Crippen LogP contribution in [-0.4, -0.2) is 25.1 Å². The number of carbonyl (C=O) groups excluding carboxylic acids is 1. The number of hydrogen-bond donors (Lipinski definition) is 1. The molecule has 1 N–H and O–H groups in total. The van der Waals surface area contributed by atoms with E-state index in [4.69, 9.17) is 9.47 Å². The summed E-state index contributed by atoms with van der Waals surface area (Å²) < 4.78 is 10.4. The van der Waals surface area contributed by atoms with Gasteiger partial charge in [0, 0.05) is 6.20 Å². The van der Waals surface area contributed by atoms with Crippen molar-refractivity contribution in [2.45, 2.75) is 12.5 Å². The van der Waals surface area contributed by atoms with E-state index in [2.05, 4.69) is 10.3 Å². The number of amides is 1. The van der Waals surface area contributed by atoms with E-state index in [1.807, 2.05) is 48.5 Å². The topological polar surface area (TPSA) is 60.5 Å². The molecule has 1 unspecified atom stereocenters. The van der Waals surface area contributed by atoms with Crippen LogP contribution in [0, 0.1) is 0 Å². The summed E-state index contributed by atoms with van der Waals surface area (Å²) in [6.07, 6.45) is 2.26. The second kappa shape index (κ2) is 8.85. The highest BCUT2D eigenvalue weighted by Crippen LogP contribution is 2.23. The maximum Gasteiger partial charge on any atom is 0.270 e. The van der Waals surface area contributed by atoms with E-state index < -0.39 is 0 Å². The molecular weight excluding hydrogens is 340 g/mol. The van der Waals surface area contributed by atoms with Crippen molar-refractivity contribution in [2.24, 2.45) is 0 Å². The van der Waals surface area contributed by atoms with E-state index in [1.165, 1.54) is 0 Å². The van der Waals surface area contributed by atoms with Crippen LogP contribution in [0.1, 0.15) is 27.7 Å². The minimum atomic E-state index is -0.204. The zero-order valence-corrected chi connectivity index (χ0v) is 15.4. The Hall–Kier alpha value is -3.34. The largest absolute Gasteiger partial charge is 0.497 e. The van der Waals surface area contributed by atoms with E-state index in [0.717, 1.165) is 22.6 Å². The van der Waals surface area contributed by atoms with Crippen LogP contribution in [0.25, 0.3) is 0 Å². The van der Waals surface area contributed by atoms with Gasteiger partial charge in [0.1, 0.15) is 17.2 Å². The van der Waals surface area contributed by atoms with E-state index in [0.29, 0.717) is 12.1 Å². The second-order valence-electron chi connectivity index (χ2n) is 6.07. The van der Waals surface area contributed by atoms with Gasteiger partial charge in [-0.1, -0.05) is 30.3 Å². The summed E-state index contributed by atoms with van der Waals surface area (Å²) in [5.74, 6) is 1.38. The first-order valence-electron chi connectivity index (χ1n) is 8.68. The van der Waals surface area contributed by atoms with Crippen molar-refractivity contribution < 1.29 is 14.3 Å². The standard InChI is InChI=1S/C22H22N2O3/c1-26-18-10-6-16(7-11-18)15-21(17-8-12-19(27-2)13-9-17)24-22(25)20-5-3-4-14-23-20/h3-14,21H,15H2,1-2H3,(H,24,25). The first kappa shape index (κ1) is 18.5. The molecule has 5 nitrogen and oxygen atoms in total. The first-order chi connectivity index (χ1) is 13.2. The first-order valence-corrected chi connectivity index (χ1v) is 8.68. The third-order valence-electron chi connectivity index (χ3n) is 4.32. The fourth-order valence-electron chi connectivity index (χ4n) is 2.82. The molecule has 1 amide bonds. The number of rotatable bonds is 7. The maximum absolute atomic E-state index is 12.6. The van der Waals surface area contributed by atoms with Gasteiger partial charge in [-0.3, -0.25) is 9.78 Å². The summed E-state index contributed by atoms with van der Waals surface area (Å²) in [6.45, 7) is 0. The molecule has 1 aromatic heterocycles. The zero-order chi connectivity index (χ0) is 19.1.